The molecule has 0 aliphatic heterocycles. The molecule has 3 aromatic heterocycles. The van der Waals surface area contributed by atoms with Crippen LogP contribution in [0.15, 0.2) is 88.4 Å². The number of ether oxygens (including phenoxy) is 1. The molecule has 36 heavy (non-hydrogen) atoms. The molecule has 0 aliphatic carbocycles. The van der Waals surface area contributed by atoms with E-state index in [0.717, 1.165) is 5.56 Å². The Morgan fingerprint density at radius 2 is 1.78 bits per heavy atom. The Labute approximate surface area is 204 Å². The summed E-state index contributed by atoms with van der Waals surface area (Å²) in [6.07, 6.45) is 3.24. The summed E-state index contributed by atoms with van der Waals surface area (Å²) in [5, 5.41) is 7.37. The molecule has 0 atom stereocenters. The summed E-state index contributed by atoms with van der Waals surface area (Å²) in [5.74, 6) is -0.518. The fraction of sp³-hybridized carbons (Fsp3) is 0.0769. The van der Waals surface area contributed by atoms with Gasteiger partial charge in [-0.15, -0.1) is 0 Å². The van der Waals surface area contributed by atoms with Crippen LogP contribution in [0.25, 0.3) is 33.7 Å². The van der Waals surface area contributed by atoms with Gasteiger partial charge in [0.1, 0.15) is 6.54 Å². The van der Waals surface area contributed by atoms with E-state index in [9.17, 15) is 14.4 Å². The van der Waals surface area contributed by atoms with Gasteiger partial charge in [0.05, 0.1) is 29.4 Å². The summed E-state index contributed by atoms with van der Waals surface area (Å²) < 4.78 is 11.6. The number of carbonyl (C=O) groups is 2. The van der Waals surface area contributed by atoms with Crippen LogP contribution in [0, 0.1) is 0 Å². The van der Waals surface area contributed by atoms with Crippen LogP contribution in [0.2, 0.25) is 0 Å². The van der Waals surface area contributed by atoms with Crippen LogP contribution in [0.5, 0.6) is 0 Å². The number of aromatic nitrogens is 4. The van der Waals surface area contributed by atoms with Crippen molar-refractivity contribution in [1.29, 1.82) is 0 Å². The minimum absolute atomic E-state index is 0.179. The van der Waals surface area contributed by atoms with Crippen molar-refractivity contribution in [3.8, 4) is 22.8 Å². The fourth-order valence-corrected chi connectivity index (χ4v) is 3.84. The highest BCUT2D eigenvalue weighted by Gasteiger charge is 2.19. The molecule has 0 spiro atoms. The number of benzene rings is 2. The number of para-hydroxylation sites is 2. The molecule has 1 N–H and O–H groups in total. The molecule has 0 unspecified atom stereocenters. The van der Waals surface area contributed by atoms with Crippen molar-refractivity contribution in [2.24, 2.45) is 0 Å². The molecular weight excluding hydrogens is 462 g/mol. The van der Waals surface area contributed by atoms with E-state index >= 15 is 0 Å². The van der Waals surface area contributed by atoms with Gasteiger partial charge < -0.3 is 14.6 Å². The Balaban J connectivity index is 1.49. The second-order valence-electron chi connectivity index (χ2n) is 7.74. The first-order valence-electron chi connectivity index (χ1n) is 10.9. The Morgan fingerprint density at radius 3 is 2.58 bits per heavy atom. The van der Waals surface area contributed by atoms with Crippen LogP contribution in [0.3, 0.4) is 0 Å². The number of esters is 1. The van der Waals surface area contributed by atoms with E-state index in [1.807, 2.05) is 6.07 Å². The number of pyridine rings is 2. The number of amides is 1. The lowest BCUT2D eigenvalue weighted by Crippen LogP contribution is -2.28. The lowest BCUT2D eigenvalue weighted by atomic mass is 10.1. The number of nitrogens with zero attached hydrogens (tertiary/aromatic N) is 4. The number of rotatable bonds is 6. The van der Waals surface area contributed by atoms with E-state index in [2.05, 4.69) is 20.4 Å². The van der Waals surface area contributed by atoms with E-state index in [-0.39, 0.29) is 23.7 Å². The number of anilines is 1. The first kappa shape index (κ1) is 22.7. The van der Waals surface area contributed by atoms with Gasteiger partial charge in [0, 0.05) is 29.4 Å². The summed E-state index contributed by atoms with van der Waals surface area (Å²) >= 11 is 0. The third kappa shape index (κ3) is 4.34. The Kier molecular flexibility index (Phi) is 6.06. The highest BCUT2D eigenvalue weighted by atomic mass is 16.5. The SMILES string of the molecule is COC(=O)c1ccccc1NC(=O)Cn1c(=O)cc(-c2nc(-c3ccncc3)no2)c2ccccc21. The minimum Gasteiger partial charge on any atom is -0.465 e. The van der Waals surface area contributed by atoms with Crippen molar-refractivity contribution in [2.45, 2.75) is 6.54 Å². The van der Waals surface area contributed by atoms with Gasteiger partial charge in [0.15, 0.2) is 0 Å². The maximum atomic E-state index is 13.1. The molecule has 178 valence electrons. The van der Waals surface area contributed by atoms with E-state index in [1.54, 1.807) is 67.0 Å². The number of carbonyl (C=O) groups excluding carboxylic acids is 2. The fourth-order valence-electron chi connectivity index (χ4n) is 3.84. The molecule has 5 aromatic rings. The smallest absolute Gasteiger partial charge is 0.339 e. The molecule has 0 aliphatic rings. The largest absolute Gasteiger partial charge is 0.465 e. The number of nitrogens with one attached hydrogen (secondary N) is 1. The summed E-state index contributed by atoms with van der Waals surface area (Å²) in [6, 6.07) is 18.5. The van der Waals surface area contributed by atoms with Crippen LogP contribution < -0.4 is 10.9 Å². The molecule has 0 radical (unpaired) electrons. The van der Waals surface area contributed by atoms with E-state index in [4.69, 9.17) is 9.26 Å². The predicted molar refractivity (Wildman–Crippen MR) is 131 cm³/mol. The van der Waals surface area contributed by atoms with Gasteiger partial charge in [-0.1, -0.05) is 35.5 Å². The predicted octanol–water partition coefficient (Wildman–Crippen LogP) is 3.54. The van der Waals surface area contributed by atoms with Gasteiger partial charge in [0.25, 0.3) is 11.4 Å². The van der Waals surface area contributed by atoms with Crippen molar-refractivity contribution in [3.05, 3.63) is 95.0 Å². The quantitative estimate of drug-likeness (QED) is 0.365. The molecule has 2 aromatic carbocycles. The van der Waals surface area contributed by atoms with Crippen LogP contribution in [0.1, 0.15) is 10.4 Å². The van der Waals surface area contributed by atoms with Gasteiger partial charge in [-0.05, 0) is 30.3 Å². The maximum absolute atomic E-state index is 13.1. The molecule has 0 saturated heterocycles. The molecular formula is C26H19N5O5. The molecule has 0 fully saturated rings. The zero-order valence-corrected chi connectivity index (χ0v) is 19.0. The molecule has 1 amide bonds. The summed E-state index contributed by atoms with van der Waals surface area (Å²) in [7, 11) is 1.26. The van der Waals surface area contributed by atoms with E-state index in [0.29, 0.717) is 22.3 Å². The van der Waals surface area contributed by atoms with Gasteiger partial charge in [0.2, 0.25) is 11.7 Å². The Morgan fingerprint density at radius 1 is 1.03 bits per heavy atom. The third-order valence-corrected chi connectivity index (χ3v) is 5.52. The van der Waals surface area contributed by atoms with Crippen LogP contribution in [0.4, 0.5) is 5.69 Å². The Hall–Kier alpha value is -5.12. The van der Waals surface area contributed by atoms with Crippen molar-refractivity contribution in [2.75, 3.05) is 12.4 Å². The highest BCUT2D eigenvalue weighted by Crippen LogP contribution is 2.28. The minimum atomic E-state index is -0.580. The van der Waals surface area contributed by atoms with Gasteiger partial charge in [-0.2, -0.15) is 4.98 Å². The molecule has 0 bridgehead atoms. The summed E-state index contributed by atoms with van der Waals surface area (Å²) in [4.78, 5) is 46.5. The number of fused-ring (bicyclic) bond motifs is 1. The summed E-state index contributed by atoms with van der Waals surface area (Å²) in [6.45, 7) is -0.277. The standard InChI is InChI=1S/C26H19N5O5/c1-35-26(34)18-7-2-4-8-20(18)28-22(32)15-31-21-9-5-3-6-17(21)19(14-23(31)33)25-29-24(30-36-25)16-10-12-27-13-11-16/h2-14H,15H2,1H3,(H,28,32). The highest BCUT2D eigenvalue weighted by molar-refractivity contribution is 6.01. The lowest BCUT2D eigenvalue weighted by Gasteiger charge is -2.13. The zero-order chi connectivity index (χ0) is 25.1. The van der Waals surface area contributed by atoms with Crippen LogP contribution in [-0.4, -0.2) is 38.7 Å². The van der Waals surface area contributed by atoms with Crippen molar-refractivity contribution < 1.29 is 18.8 Å². The third-order valence-electron chi connectivity index (χ3n) is 5.52. The van der Waals surface area contributed by atoms with E-state index in [1.165, 1.54) is 17.7 Å². The first-order chi connectivity index (χ1) is 17.5. The zero-order valence-electron chi connectivity index (χ0n) is 19.0. The number of methoxy groups -OCH3 is 1. The van der Waals surface area contributed by atoms with Crippen molar-refractivity contribution in [1.82, 2.24) is 19.7 Å². The second kappa shape index (κ2) is 9.63. The van der Waals surface area contributed by atoms with Crippen molar-refractivity contribution >= 4 is 28.5 Å². The van der Waals surface area contributed by atoms with Gasteiger partial charge in [-0.3, -0.25) is 19.1 Å². The van der Waals surface area contributed by atoms with Crippen LogP contribution >= 0.6 is 0 Å². The van der Waals surface area contributed by atoms with Crippen molar-refractivity contribution in [3.63, 3.8) is 0 Å². The molecule has 5 rings (SSSR count). The second-order valence-corrected chi connectivity index (χ2v) is 7.74. The average Bonchev–Trinajstić information content (AvgIpc) is 3.41. The topological polar surface area (TPSA) is 129 Å². The lowest BCUT2D eigenvalue weighted by molar-refractivity contribution is -0.116. The monoisotopic (exact) mass is 481 g/mol. The molecule has 0 saturated carbocycles. The van der Waals surface area contributed by atoms with E-state index < -0.39 is 17.4 Å². The van der Waals surface area contributed by atoms with Gasteiger partial charge in [-0.25, -0.2) is 4.79 Å². The maximum Gasteiger partial charge on any atom is 0.339 e. The summed E-state index contributed by atoms with van der Waals surface area (Å²) in [5.41, 5.74) is 1.77. The molecule has 10 nitrogen and oxygen atoms in total. The first-order valence-corrected chi connectivity index (χ1v) is 10.9. The molecule has 10 heteroatoms. The van der Waals surface area contributed by atoms with Crippen LogP contribution in [-0.2, 0) is 16.1 Å². The molecule has 3 heterocycles. The number of hydrogen-bond acceptors (Lipinski definition) is 8. The van der Waals surface area contributed by atoms with Gasteiger partial charge >= 0.3 is 5.97 Å². The average molecular weight is 481 g/mol. The normalized spacial score (nSPS) is 10.8. The Bertz CT molecular complexity index is 1640. The number of hydrogen-bond donors (Lipinski definition) is 1.